The first-order valence-electron chi connectivity index (χ1n) is 11.0. The van der Waals surface area contributed by atoms with Crippen LogP contribution in [0, 0.1) is 5.92 Å². The number of likely N-dealkylation sites (tertiary alicyclic amines) is 2. The molecule has 1 aromatic heterocycles. The number of piperidine rings is 2. The van der Waals surface area contributed by atoms with Crippen LogP contribution in [0.5, 0.6) is 5.75 Å². The maximum Gasteiger partial charge on any atom is 0.244 e. The molecule has 31 heavy (non-hydrogen) atoms. The Labute approximate surface area is 187 Å². The van der Waals surface area contributed by atoms with Crippen LogP contribution in [0.3, 0.4) is 0 Å². The third kappa shape index (κ3) is 5.79. The van der Waals surface area contributed by atoms with E-state index in [1.807, 2.05) is 28.0 Å². The van der Waals surface area contributed by atoms with Crippen LogP contribution in [0.2, 0.25) is 5.02 Å². The summed E-state index contributed by atoms with van der Waals surface area (Å²) in [6.07, 6.45) is 7.68. The molecule has 0 spiro atoms. The molecule has 7 nitrogen and oxygen atoms in total. The van der Waals surface area contributed by atoms with Crippen molar-refractivity contribution in [1.82, 2.24) is 19.6 Å². The van der Waals surface area contributed by atoms with Gasteiger partial charge in [0.1, 0.15) is 18.4 Å². The van der Waals surface area contributed by atoms with Gasteiger partial charge in [0.25, 0.3) is 0 Å². The first-order valence-corrected chi connectivity index (χ1v) is 11.4. The third-order valence-electron chi connectivity index (χ3n) is 6.10. The monoisotopic (exact) mass is 444 g/mol. The average Bonchev–Trinajstić information content (AvgIpc) is 3.28. The minimum atomic E-state index is -0.138. The van der Waals surface area contributed by atoms with Gasteiger partial charge in [-0.3, -0.25) is 14.3 Å². The molecule has 0 N–H and O–H groups in total. The van der Waals surface area contributed by atoms with E-state index in [1.54, 1.807) is 29.2 Å². The maximum absolute atomic E-state index is 13.0. The van der Waals surface area contributed by atoms with Crippen LogP contribution in [0.4, 0.5) is 0 Å². The summed E-state index contributed by atoms with van der Waals surface area (Å²) in [6.45, 7) is 2.96. The molecule has 2 aliphatic rings. The summed E-state index contributed by atoms with van der Waals surface area (Å²) in [5, 5.41) is 4.75. The van der Waals surface area contributed by atoms with Gasteiger partial charge in [-0.15, -0.1) is 0 Å². The van der Waals surface area contributed by atoms with Gasteiger partial charge >= 0.3 is 0 Å². The Kier molecular flexibility index (Phi) is 7.12. The van der Waals surface area contributed by atoms with E-state index in [0.29, 0.717) is 36.7 Å². The molecule has 8 heteroatoms. The molecule has 0 saturated carbocycles. The second kappa shape index (κ2) is 10.2. The summed E-state index contributed by atoms with van der Waals surface area (Å²) in [4.78, 5) is 29.6. The molecule has 3 heterocycles. The van der Waals surface area contributed by atoms with E-state index >= 15 is 0 Å². The van der Waals surface area contributed by atoms with Crippen molar-refractivity contribution in [2.45, 2.75) is 44.8 Å². The van der Waals surface area contributed by atoms with Crippen molar-refractivity contribution in [3.8, 4) is 5.75 Å². The Balaban J connectivity index is 1.44. The maximum atomic E-state index is 13.0. The number of rotatable bonds is 6. The second-order valence-electron chi connectivity index (χ2n) is 8.35. The van der Waals surface area contributed by atoms with Crippen LogP contribution in [0.15, 0.2) is 42.7 Å². The van der Waals surface area contributed by atoms with Crippen molar-refractivity contribution in [2.24, 2.45) is 5.92 Å². The lowest BCUT2D eigenvalue weighted by atomic mass is 9.90. The van der Waals surface area contributed by atoms with Crippen LogP contribution in [-0.2, 0) is 16.1 Å². The molecule has 0 bridgehead atoms. The van der Waals surface area contributed by atoms with Crippen LogP contribution >= 0.6 is 11.6 Å². The first kappa shape index (κ1) is 21.7. The molecule has 166 valence electrons. The standard InChI is InChI=1S/C23H29ClN4O3/c24-19-6-4-7-20(15-19)31-21-8-13-27(23(30)17-28-12-5-9-25-28)16-18(21)14-22(29)26-10-2-1-3-11-26/h4-7,9,12,15,18,21H,1-3,8,10-11,13-14,16-17H2/t18-,21-/m0/s1. The zero-order chi connectivity index (χ0) is 21.6. The van der Waals surface area contributed by atoms with Gasteiger partial charge in [-0.25, -0.2) is 0 Å². The largest absolute Gasteiger partial charge is 0.490 e. The highest BCUT2D eigenvalue weighted by Crippen LogP contribution is 2.28. The molecular formula is C23H29ClN4O3. The number of hydrogen-bond acceptors (Lipinski definition) is 4. The lowest BCUT2D eigenvalue weighted by molar-refractivity contribution is -0.140. The molecule has 0 radical (unpaired) electrons. The Bertz CT molecular complexity index is 883. The summed E-state index contributed by atoms with van der Waals surface area (Å²) in [7, 11) is 0. The number of ether oxygens (including phenoxy) is 1. The molecule has 0 aliphatic carbocycles. The SMILES string of the molecule is O=C(C[C@H]1CN(C(=O)Cn2cccn2)CC[C@@H]1Oc1cccc(Cl)c1)N1CCCCC1. The zero-order valence-corrected chi connectivity index (χ0v) is 18.4. The van der Waals surface area contributed by atoms with E-state index in [0.717, 1.165) is 25.9 Å². The summed E-state index contributed by atoms with van der Waals surface area (Å²) in [5.74, 6) is 0.805. The van der Waals surface area contributed by atoms with Crippen molar-refractivity contribution < 1.29 is 14.3 Å². The smallest absolute Gasteiger partial charge is 0.244 e. The molecule has 0 unspecified atom stereocenters. The zero-order valence-electron chi connectivity index (χ0n) is 17.7. The lowest BCUT2D eigenvalue weighted by Crippen LogP contribution is -2.50. The van der Waals surface area contributed by atoms with Gasteiger partial charge in [-0.2, -0.15) is 5.10 Å². The molecule has 2 atom stereocenters. The quantitative estimate of drug-likeness (QED) is 0.686. The summed E-state index contributed by atoms with van der Waals surface area (Å²) in [6, 6.07) is 9.14. The Morgan fingerprint density at radius 2 is 1.90 bits per heavy atom. The van der Waals surface area contributed by atoms with E-state index in [9.17, 15) is 9.59 Å². The fraction of sp³-hybridized carbons (Fsp3) is 0.522. The van der Waals surface area contributed by atoms with Gasteiger partial charge in [0.2, 0.25) is 11.8 Å². The average molecular weight is 445 g/mol. The van der Waals surface area contributed by atoms with Crippen LogP contribution < -0.4 is 4.74 Å². The van der Waals surface area contributed by atoms with E-state index < -0.39 is 0 Å². The minimum Gasteiger partial charge on any atom is -0.490 e. The van der Waals surface area contributed by atoms with E-state index in [4.69, 9.17) is 16.3 Å². The van der Waals surface area contributed by atoms with Crippen LogP contribution in [0.25, 0.3) is 0 Å². The highest BCUT2D eigenvalue weighted by atomic mass is 35.5. The molecule has 2 fully saturated rings. The number of amides is 2. The predicted molar refractivity (Wildman–Crippen MR) is 118 cm³/mol. The molecule has 2 saturated heterocycles. The highest BCUT2D eigenvalue weighted by molar-refractivity contribution is 6.30. The van der Waals surface area contributed by atoms with Gasteiger partial charge in [0.05, 0.1) is 0 Å². The molecule has 1 aromatic carbocycles. The molecule has 4 rings (SSSR count). The first-order chi connectivity index (χ1) is 15.1. The summed E-state index contributed by atoms with van der Waals surface area (Å²) in [5.41, 5.74) is 0. The minimum absolute atomic E-state index is 0.0142. The number of aromatic nitrogens is 2. The van der Waals surface area contributed by atoms with Crippen molar-refractivity contribution in [3.63, 3.8) is 0 Å². The molecule has 2 aromatic rings. The van der Waals surface area contributed by atoms with Gasteiger partial charge in [-0.05, 0) is 43.5 Å². The number of benzene rings is 1. The fourth-order valence-corrected chi connectivity index (χ4v) is 4.61. The van der Waals surface area contributed by atoms with Gasteiger partial charge in [0.15, 0.2) is 0 Å². The Morgan fingerprint density at radius 1 is 1.06 bits per heavy atom. The lowest BCUT2D eigenvalue weighted by Gasteiger charge is -2.39. The van der Waals surface area contributed by atoms with Crippen molar-refractivity contribution in [2.75, 3.05) is 26.2 Å². The van der Waals surface area contributed by atoms with E-state index in [1.165, 1.54) is 6.42 Å². The second-order valence-corrected chi connectivity index (χ2v) is 8.79. The van der Waals surface area contributed by atoms with Crippen LogP contribution in [0.1, 0.15) is 32.1 Å². The number of hydrogen-bond donors (Lipinski definition) is 0. The Morgan fingerprint density at radius 3 is 2.65 bits per heavy atom. The molecule has 2 amide bonds. The third-order valence-corrected chi connectivity index (χ3v) is 6.34. The molecule has 2 aliphatic heterocycles. The highest BCUT2D eigenvalue weighted by Gasteiger charge is 2.35. The fourth-order valence-electron chi connectivity index (χ4n) is 4.43. The van der Waals surface area contributed by atoms with Gasteiger partial charge < -0.3 is 14.5 Å². The number of halogens is 1. The van der Waals surface area contributed by atoms with Gasteiger partial charge in [0, 0.05) is 62.4 Å². The van der Waals surface area contributed by atoms with E-state index in [-0.39, 0.29) is 30.4 Å². The summed E-state index contributed by atoms with van der Waals surface area (Å²) >= 11 is 6.12. The predicted octanol–water partition coefficient (Wildman–Crippen LogP) is 3.24. The topological polar surface area (TPSA) is 67.7 Å². The number of carbonyl (C=O) groups is 2. The van der Waals surface area contributed by atoms with Crippen molar-refractivity contribution >= 4 is 23.4 Å². The van der Waals surface area contributed by atoms with Crippen LogP contribution in [-0.4, -0.2) is 63.7 Å². The number of nitrogens with zero attached hydrogens (tertiary/aromatic N) is 4. The Hall–Kier alpha value is -2.54. The normalized spacial score (nSPS) is 21.7. The van der Waals surface area contributed by atoms with Crippen molar-refractivity contribution in [1.29, 1.82) is 0 Å². The van der Waals surface area contributed by atoms with E-state index in [2.05, 4.69) is 5.10 Å². The van der Waals surface area contributed by atoms with Gasteiger partial charge in [-0.1, -0.05) is 17.7 Å². The molecular weight excluding hydrogens is 416 g/mol. The number of carbonyl (C=O) groups excluding carboxylic acids is 2. The summed E-state index contributed by atoms with van der Waals surface area (Å²) < 4.78 is 7.89. The van der Waals surface area contributed by atoms with Crippen molar-refractivity contribution in [3.05, 3.63) is 47.7 Å².